The van der Waals surface area contributed by atoms with Gasteiger partial charge >= 0.3 is 5.97 Å². The Hall–Kier alpha value is -2.32. The van der Waals surface area contributed by atoms with Gasteiger partial charge in [-0.25, -0.2) is 4.79 Å². The summed E-state index contributed by atoms with van der Waals surface area (Å²) in [6.07, 6.45) is 0.258. The Kier molecular flexibility index (Phi) is 6.60. The van der Waals surface area contributed by atoms with E-state index in [1.54, 1.807) is 0 Å². The molecule has 2 amide bonds. The molecule has 0 aliphatic carbocycles. The topological polar surface area (TPSA) is 113 Å². The van der Waals surface area contributed by atoms with E-state index in [1.807, 2.05) is 36.4 Å². The number of nitrogens with two attached hydrogens (primary N) is 1. The molecule has 3 rings (SSSR count). The zero-order chi connectivity index (χ0) is 18.4. The van der Waals surface area contributed by atoms with Crippen LogP contribution in [-0.2, 0) is 14.4 Å². The molecule has 7 nitrogen and oxygen atoms in total. The van der Waals surface area contributed by atoms with Gasteiger partial charge in [-0.1, -0.05) is 36.4 Å². The smallest absolute Gasteiger partial charge is 0.353 e. The largest absolute Gasteiger partial charge is 0.477 e. The molecule has 1 aromatic rings. The van der Waals surface area contributed by atoms with Gasteiger partial charge in [0.15, 0.2) is 0 Å². The van der Waals surface area contributed by atoms with Crippen LogP contribution < -0.4 is 11.1 Å². The first-order valence-corrected chi connectivity index (χ1v) is 8.85. The predicted molar refractivity (Wildman–Crippen MR) is 95.5 cm³/mol. The third-order valence-corrected chi connectivity index (χ3v) is 4.93. The van der Waals surface area contributed by atoms with E-state index in [1.165, 1.54) is 23.6 Å². The molecule has 0 bridgehead atoms. The Morgan fingerprint density at radius 3 is 2.24 bits per heavy atom. The number of amides is 2. The molecular weight excluding hydrogens is 342 g/mol. The van der Waals surface area contributed by atoms with E-state index >= 15 is 0 Å². The molecule has 0 spiro atoms. The van der Waals surface area contributed by atoms with E-state index in [0.29, 0.717) is 17.2 Å². The molecule has 1 fully saturated rings. The van der Waals surface area contributed by atoms with Gasteiger partial charge < -0.3 is 16.2 Å². The first-order valence-electron chi connectivity index (χ1n) is 7.86. The second kappa shape index (κ2) is 8.68. The third-order valence-electron chi connectivity index (χ3n) is 3.73. The normalized spacial score (nSPS) is 21.0. The zero-order valence-corrected chi connectivity index (χ0v) is 14.7. The van der Waals surface area contributed by atoms with Crippen molar-refractivity contribution in [1.82, 2.24) is 10.2 Å². The van der Waals surface area contributed by atoms with Crippen LogP contribution in [0.2, 0.25) is 0 Å². The Balaban J connectivity index is 0.000000316. The Bertz CT molecular complexity index is 651. The summed E-state index contributed by atoms with van der Waals surface area (Å²) >= 11 is 1.29. The number of benzene rings is 1. The van der Waals surface area contributed by atoms with Crippen LogP contribution in [0.4, 0.5) is 0 Å². The second-order valence-corrected chi connectivity index (χ2v) is 6.66. The molecule has 0 radical (unpaired) electrons. The van der Waals surface area contributed by atoms with Crippen LogP contribution in [0.1, 0.15) is 13.3 Å². The van der Waals surface area contributed by atoms with E-state index in [0.717, 1.165) is 0 Å². The molecule has 2 aliphatic heterocycles. The molecule has 1 saturated heterocycles. The highest BCUT2D eigenvalue weighted by atomic mass is 32.2. The van der Waals surface area contributed by atoms with Gasteiger partial charge in [-0.05, 0) is 0 Å². The minimum Gasteiger partial charge on any atom is -0.477 e. The lowest BCUT2D eigenvalue weighted by Crippen LogP contribution is -2.57. The summed E-state index contributed by atoms with van der Waals surface area (Å²) in [6.45, 7) is 1.77. The maximum Gasteiger partial charge on any atom is 0.353 e. The Labute approximate surface area is 150 Å². The van der Waals surface area contributed by atoms with Crippen molar-refractivity contribution in [2.45, 2.75) is 25.4 Å². The van der Waals surface area contributed by atoms with Crippen molar-refractivity contribution in [3.63, 3.8) is 0 Å². The van der Waals surface area contributed by atoms with Crippen LogP contribution in [0.15, 0.2) is 47.0 Å². The molecule has 1 aromatic carbocycles. The number of nitrogens with zero attached hydrogens (tertiary/aromatic N) is 1. The molecule has 2 aliphatic rings. The summed E-state index contributed by atoms with van der Waals surface area (Å²) in [6, 6.07) is 11.3. The van der Waals surface area contributed by atoms with Crippen molar-refractivity contribution in [3.05, 3.63) is 47.0 Å². The van der Waals surface area contributed by atoms with Gasteiger partial charge in [0, 0.05) is 24.1 Å². The number of β-lactam (4-membered cyclic amide) rings is 1. The number of hydrogen-bond acceptors (Lipinski definition) is 5. The number of aliphatic carboxylic acids is 1. The number of nitrogens with one attached hydrogen (secondary N) is 1. The quantitative estimate of drug-likeness (QED) is 0.667. The lowest BCUT2D eigenvalue weighted by Gasteiger charge is -2.38. The lowest BCUT2D eigenvalue weighted by molar-refractivity contribution is -0.148. The van der Waals surface area contributed by atoms with Crippen LogP contribution in [0.25, 0.3) is 0 Å². The number of carbonyl (C=O) groups excluding carboxylic acids is 2. The first kappa shape index (κ1) is 19.0. The van der Waals surface area contributed by atoms with Gasteiger partial charge in [-0.15, -0.1) is 11.8 Å². The van der Waals surface area contributed by atoms with Crippen molar-refractivity contribution in [3.8, 4) is 0 Å². The van der Waals surface area contributed by atoms with Crippen LogP contribution in [0, 0.1) is 0 Å². The van der Waals surface area contributed by atoms with Crippen molar-refractivity contribution in [2.24, 2.45) is 5.73 Å². The molecule has 2 heterocycles. The fraction of sp³-hybridized carbons (Fsp3) is 0.353. The summed E-state index contributed by atoms with van der Waals surface area (Å²) in [5.74, 6) is -1.08. The zero-order valence-electron chi connectivity index (χ0n) is 13.8. The summed E-state index contributed by atoms with van der Waals surface area (Å²) in [5.41, 5.74) is 5.41. The molecule has 8 heteroatoms. The number of rotatable bonds is 5. The maximum absolute atomic E-state index is 11.6. The average Bonchev–Trinajstić information content (AvgIpc) is 2.83. The number of carbonyl (C=O) groups is 3. The fourth-order valence-electron chi connectivity index (χ4n) is 2.74. The minimum absolute atomic E-state index is 0.0153. The van der Waals surface area contributed by atoms with Crippen molar-refractivity contribution in [1.29, 1.82) is 0 Å². The predicted octanol–water partition coefficient (Wildman–Crippen LogP) is 0.780. The summed E-state index contributed by atoms with van der Waals surface area (Å²) < 4.78 is 0. The van der Waals surface area contributed by atoms with Crippen molar-refractivity contribution < 1.29 is 19.5 Å². The van der Waals surface area contributed by atoms with Crippen molar-refractivity contribution in [2.75, 3.05) is 12.3 Å². The van der Waals surface area contributed by atoms with Crippen LogP contribution in [0.5, 0.6) is 0 Å². The van der Waals surface area contributed by atoms with E-state index < -0.39 is 12.0 Å². The first-order chi connectivity index (χ1) is 12.0. The highest BCUT2D eigenvalue weighted by Gasteiger charge is 2.53. The molecule has 0 aromatic heterocycles. The van der Waals surface area contributed by atoms with E-state index in [-0.39, 0.29) is 30.0 Å². The SMILES string of the molecule is CC(=O)NC1C(SCCN)=C(C(=O)O)N2C(=O)CC12.c1ccccc1. The van der Waals surface area contributed by atoms with Gasteiger partial charge in [0.2, 0.25) is 11.8 Å². The van der Waals surface area contributed by atoms with Gasteiger partial charge in [0.1, 0.15) is 5.70 Å². The van der Waals surface area contributed by atoms with Gasteiger partial charge in [-0.2, -0.15) is 0 Å². The monoisotopic (exact) mass is 363 g/mol. The molecule has 2 unspecified atom stereocenters. The minimum atomic E-state index is -1.15. The number of carboxylic acid groups (broad SMARTS) is 1. The van der Waals surface area contributed by atoms with Crippen LogP contribution in [-0.4, -0.2) is 52.2 Å². The Morgan fingerprint density at radius 2 is 1.84 bits per heavy atom. The molecule has 25 heavy (non-hydrogen) atoms. The summed E-state index contributed by atoms with van der Waals surface area (Å²) in [7, 11) is 0. The highest BCUT2D eigenvalue weighted by molar-refractivity contribution is 8.03. The third kappa shape index (κ3) is 4.40. The molecule has 0 saturated carbocycles. The summed E-state index contributed by atoms with van der Waals surface area (Å²) in [4.78, 5) is 35.9. The maximum atomic E-state index is 11.6. The standard InChI is InChI=1S/C11H15N3O4S.C6H6/c1-5(15)13-8-6-4-7(16)14(6)9(11(17)18)10(8)19-3-2-12;1-2-4-6-5-3-1/h6,8H,2-4,12H2,1H3,(H,13,15)(H,17,18);1-6H. The second-order valence-electron chi connectivity index (χ2n) is 5.52. The Morgan fingerprint density at radius 1 is 1.28 bits per heavy atom. The molecule has 2 atom stereocenters. The van der Waals surface area contributed by atoms with Crippen LogP contribution in [0.3, 0.4) is 0 Å². The van der Waals surface area contributed by atoms with Gasteiger partial charge in [0.25, 0.3) is 0 Å². The molecule has 4 N–H and O–H groups in total. The van der Waals surface area contributed by atoms with Crippen molar-refractivity contribution >= 4 is 29.5 Å². The van der Waals surface area contributed by atoms with E-state index in [2.05, 4.69) is 5.32 Å². The number of hydrogen-bond donors (Lipinski definition) is 3. The summed E-state index contributed by atoms with van der Waals surface area (Å²) in [5, 5.41) is 12.0. The number of thioether (sulfide) groups is 1. The highest BCUT2D eigenvalue weighted by Crippen LogP contribution is 2.43. The van der Waals surface area contributed by atoms with Crippen LogP contribution >= 0.6 is 11.8 Å². The number of carboxylic acids is 1. The fourth-order valence-corrected chi connectivity index (χ4v) is 3.80. The van der Waals surface area contributed by atoms with E-state index in [4.69, 9.17) is 5.73 Å². The average molecular weight is 363 g/mol. The van der Waals surface area contributed by atoms with Gasteiger partial charge in [0.05, 0.1) is 18.5 Å². The van der Waals surface area contributed by atoms with Gasteiger partial charge in [-0.3, -0.25) is 14.5 Å². The lowest BCUT2D eigenvalue weighted by atomic mass is 9.98. The number of fused-ring (bicyclic) bond motifs is 1. The van der Waals surface area contributed by atoms with E-state index in [9.17, 15) is 19.5 Å². The molecular formula is C17H21N3O4S. The molecule has 134 valence electrons.